The molecule has 0 aliphatic rings. The van der Waals surface area contributed by atoms with Gasteiger partial charge in [-0.25, -0.2) is 13.6 Å². The molecule has 4 N–H and O–H groups in total. The maximum absolute atomic E-state index is 12.0. The molecule has 0 aliphatic carbocycles. The molecule has 1 aromatic rings. The molecule has 0 saturated heterocycles. The quantitative estimate of drug-likeness (QED) is 0.595. The second kappa shape index (κ2) is 8.14. The first kappa shape index (κ1) is 17.6. The molecule has 0 radical (unpaired) electrons. The number of sulfonamides is 1. The molecular weight excluding hydrogens is 292 g/mol. The number of primary sulfonamides is 1. The molecule has 0 unspecified atom stereocenters. The number of carbonyl (C=O) groups is 1. The van der Waals surface area contributed by atoms with Crippen LogP contribution in [0.3, 0.4) is 0 Å². The van der Waals surface area contributed by atoms with E-state index in [-0.39, 0.29) is 10.6 Å². The predicted molar refractivity (Wildman–Crippen MR) is 80.4 cm³/mol. The first-order chi connectivity index (χ1) is 9.91. The summed E-state index contributed by atoms with van der Waals surface area (Å²) >= 11 is 0. The van der Waals surface area contributed by atoms with Crippen LogP contribution in [-0.2, 0) is 16.4 Å². The number of nitrogens with one attached hydrogen (secondary N) is 2. The summed E-state index contributed by atoms with van der Waals surface area (Å²) in [5.74, 6) is -0.505. The van der Waals surface area contributed by atoms with Gasteiger partial charge < -0.3 is 5.32 Å². The first-order valence-corrected chi connectivity index (χ1v) is 8.84. The predicted octanol–water partition coefficient (Wildman–Crippen LogP) is 1.32. The summed E-state index contributed by atoms with van der Waals surface area (Å²) in [5.41, 5.74) is 0.243. The molecule has 1 amide bonds. The van der Waals surface area contributed by atoms with Gasteiger partial charge in [-0.05, 0) is 12.8 Å². The molecule has 1 heterocycles. The van der Waals surface area contributed by atoms with Gasteiger partial charge >= 0.3 is 0 Å². The highest BCUT2D eigenvalue weighted by Gasteiger charge is 2.26. The van der Waals surface area contributed by atoms with E-state index in [1.807, 2.05) is 6.92 Å². The van der Waals surface area contributed by atoms with E-state index in [4.69, 9.17) is 5.14 Å². The summed E-state index contributed by atoms with van der Waals surface area (Å²) in [4.78, 5) is 11.9. The molecule has 120 valence electrons. The van der Waals surface area contributed by atoms with Crippen molar-refractivity contribution in [3.05, 3.63) is 11.4 Å². The maximum atomic E-state index is 12.0. The van der Waals surface area contributed by atoms with Crippen LogP contribution < -0.4 is 10.5 Å². The van der Waals surface area contributed by atoms with Gasteiger partial charge in [-0.1, -0.05) is 39.5 Å². The van der Waals surface area contributed by atoms with Crippen molar-refractivity contribution in [2.45, 2.75) is 57.3 Å². The normalized spacial score (nSPS) is 11.6. The zero-order valence-electron chi connectivity index (χ0n) is 12.6. The van der Waals surface area contributed by atoms with Gasteiger partial charge in [-0.15, -0.1) is 0 Å². The van der Waals surface area contributed by atoms with Gasteiger partial charge in [0.25, 0.3) is 5.91 Å². The lowest BCUT2D eigenvalue weighted by molar-refractivity contribution is 0.0944. The van der Waals surface area contributed by atoms with Gasteiger partial charge in [0, 0.05) is 6.54 Å². The van der Waals surface area contributed by atoms with Crippen LogP contribution in [-0.4, -0.2) is 31.1 Å². The number of unbranched alkanes of at least 4 members (excludes halogenated alkanes) is 3. The van der Waals surface area contributed by atoms with Crippen LogP contribution in [0.4, 0.5) is 0 Å². The Labute approximate surface area is 125 Å². The summed E-state index contributed by atoms with van der Waals surface area (Å²) in [6.07, 6.45) is 5.31. The third-order valence-electron chi connectivity index (χ3n) is 3.11. The van der Waals surface area contributed by atoms with Gasteiger partial charge in [-0.2, -0.15) is 5.10 Å². The Balaban J connectivity index is 2.80. The largest absolute Gasteiger partial charge is 0.351 e. The van der Waals surface area contributed by atoms with E-state index in [9.17, 15) is 13.2 Å². The number of rotatable bonds is 9. The third kappa shape index (κ3) is 5.13. The number of carbonyl (C=O) groups excluding carboxylic acids is 1. The van der Waals surface area contributed by atoms with Crippen molar-refractivity contribution in [1.82, 2.24) is 15.5 Å². The molecule has 0 bridgehead atoms. The summed E-state index contributed by atoms with van der Waals surface area (Å²) in [6.45, 7) is 4.51. The van der Waals surface area contributed by atoms with Crippen molar-refractivity contribution in [2.75, 3.05) is 6.54 Å². The molecule has 0 saturated carbocycles. The number of aromatic nitrogens is 2. The van der Waals surface area contributed by atoms with Gasteiger partial charge in [-0.3, -0.25) is 9.89 Å². The Morgan fingerprint density at radius 2 is 1.95 bits per heavy atom. The molecule has 0 aromatic carbocycles. The Bertz CT molecular complexity index is 566. The molecule has 1 aromatic heterocycles. The van der Waals surface area contributed by atoms with E-state index in [2.05, 4.69) is 22.4 Å². The highest BCUT2D eigenvalue weighted by atomic mass is 32.2. The van der Waals surface area contributed by atoms with Crippen molar-refractivity contribution in [1.29, 1.82) is 0 Å². The molecule has 0 atom stereocenters. The lowest BCUT2D eigenvalue weighted by atomic mass is 10.2. The zero-order valence-corrected chi connectivity index (χ0v) is 13.4. The fourth-order valence-corrected chi connectivity index (χ4v) is 2.98. The molecule has 0 spiro atoms. The minimum absolute atomic E-state index is 0.142. The molecule has 0 aliphatic heterocycles. The molecule has 1 rings (SSSR count). The maximum Gasteiger partial charge on any atom is 0.273 e. The van der Waals surface area contributed by atoms with Gasteiger partial charge in [0.05, 0.1) is 5.69 Å². The average molecular weight is 316 g/mol. The van der Waals surface area contributed by atoms with E-state index in [1.165, 1.54) is 0 Å². The van der Waals surface area contributed by atoms with E-state index in [0.717, 1.165) is 32.1 Å². The van der Waals surface area contributed by atoms with Gasteiger partial charge in [0.15, 0.2) is 5.69 Å². The van der Waals surface area contributed by atoms with Crippen LogP contribution in [0.15, 0.2) is 4.90 Å². The fourth-order valence-electron chi connectivity index (χ4n) is 2.09. The average Bonchev–Trinajstić information content (AvgIpc) is 2.82. The number of hydrogen-bond donors (Lipinski definition) is 3. The van der Waals surface area contributed by atoms with Crippen molar-refractivity contribution in [3.63, 3.8) is 0 Å². The van der Waals surface area contributed by atoms with Crippen molar-refractivity contribution >= 4 is 15.9 Å². The van der Waals surface area contributed by atoms with Gasteiger partial charge in [0.2, 0.25) is 10.0 Å². The Kier molecular flexibility index (Phi) is 6.83. The molecule has 21 heavy (non-hydrogen) atoms. The standard InChI is InChI=1S/C13H24N4O3S/c1-3-5-6-7-9-15-13(18)11-12(21(14,19)20)10(8-4-2)16-17-11/h3-9H2,1-2H3,(H,15,18)(H,16,17)(H2,14,19,20). The number of amides is 1. The van der Waals surface area contributed by atoms with Crippen molar-refractivity contribution < 1.29 is 13.2 Å². The molecule has 0 fully saturated rings. The summed E-state index contributed by atoms with van der Waals surface area (Å²) < 4.78 is 23.3. The monoisotopic (exact) mass is 316 g/mol. The van der Waals surface area contributed by atoms with Crippen LogP contribution in [0.2, 0.25) is 0 Å². The van der Waals surface area contributed by atoms with Crippen molar-refractivity contribution in [2.24, 2.45) is 5.14 Å². The SMILES string of the molecule is CCCCCCNC(=O)c1n[nH]c(CCC)c1S(N)(=O)=O. The summed E-state index contributed by atoms with van der Waals surface area (Å²) in [6, 6.07) is 0. The summed E-state index contributed by atoms with van der Waals surface area (Å²) in [7, 11) is -3.98. The van der Waals surface area contributed by atoms with Crippen LogP contribution in [0.25, 0.3) is 0 Å². The Morgan fingerprint density at radius 3 is 2.52 bits per heavy atom. The molecule has 8 heteroatoms. The van der Waals surface area contributed by atoms with Crippen molar-refractivity contribution in [3.8, 4) is 0 Å². The number of nitrogens with two attached hydrogens (primary N) is 1. The van der Waals surface area contributed by atoms with E-state index in [0.29, 0.717) is 18.7 Å². The zero-order chi connectivity index (χ0) is 15.9. The van der Waals surface area contributed by atoms with E-state index in [1.54, 1.807) is 0 Å². The van der Waals surface area contributed by atoms with Crippen LogP contribution in [0.1, 0.15) is 62.1 Å². The van der Waals surface area contributed by atoms with E-state index >= 15 is 0 Å². The Hall–Kier alpha value is -1.41. The van der Waals surface area contributed by atoms with Crippen LogP contribution in [0.5, 0.6) is 0 Å². The first-order valence-electron chi connectivity index (χ1n) is 7.30. The smallest absolute Gasteiger partial charge is 0.273 e. The fraction of sp³-hybridized carbons (Fsp3) is 0.692. The minimum Gasteiger partial charge on any atom is -0.351 e. The summed E-state index contributed by atoms with van der Waals surface area (Å²) in [5, 5.41) is 14.3. The lowest BCUT2D eigenvalue weighted by Crippen LogP contribution is -2.27. The van der Waals surface area contributed by atoms with Crippen LogP contribution >= 0.6 is 0 Å². The highest BCUT2D eigenvalue weighted by Crippen LogP contribution is 2.18. The lowest BCUT2D eigenvalue weighted by Gasteiger charge is -2.05. The number of H-pyrrole nitrogens is 1. The third-order valence-corrected chi connectivity index (χ3v) is 4.12. The number of aromatic amines is 1. The number of nitrogens with zero attached hydrogens (tertiary/aromatic N) is 1. The van der Waals surface area contributed by atoms with Gasteiger partial charge in [0.1, 0.15) is 4.90 Å². The highest BCUT2D eigenvalue weighted by molar-refractivity contribution is 7.89. The molecule has 7 nitrogen and oxygen atoms in total. The number of hydrogen-bond acceptors (Lipinski definition) is 4. The Morgan fingerprint density at radius 1 is 1.24 bits per heavy atom. The van der Waals surface area contributed by atoms with Crippen LogP contribution in [0, 0.1) is 0 Å². The number of aryl methyl sites for hydroxylation is 1. The second-order valence-electron chi connectivity index (χ2n) is 4.99. The second-order valence-corrected chi connectivity index (χ2v) is 6.49. The minimum atomic E-state index is -3.98. The molecular formula is C13H24N4O3S. The van der Waals surface area contributed by atoms with E-state index < -0.39 is 15.9 Å². The topological polar surface area (TPSA) is 118 Å².